The van der Waals surface area contributed by atoms with Crippen molar-refractivity contribution in [2.75, 3.05) is 0 Å². The number of hydrogen-bond acceptors (Lipinski definition) is 4. The van der Waals surface area contributed by atoms with Gasteiger partial charge >= 0.3 is 5.97 Å². The molecule has 1 N–H and O–H groups in total. The van der Waals surface area contributed by atoms with E-state index in [9.17, 15) is 9.59 Å². The molecule has 0 aromatic heterocycles. The second-order valence-corrected chi connectivity index (χ2v) is 5.35. The second-order valence-electron chi connectivity index (χ2n) is 4.51. The maximum atomic E-state index is 12.1. The van der Waals surface area contributed by atoms with Crippen LogP contribution in [0.1, 0.15) is 22.8 Å². The van der Waals surface area contributed by atoms with Crippen LogP contribution in [0.5, 0.6) is 5.75 Å². The molecule has 5 nitrogen and oxygen atoms in total. The minimum Gasteiger partial charge on any atom is -0.423 e. The fraction of sp³-hybridized carbons (Fsp3) is 0.0625. The predicted octanol–water partition coefficient (Wildman–Crippen LogP) is 3.68. The normalized spacial score (nSPS) is 10.6. The Balaban J connectivity index is 2.04. The Morgan fingerprint density at radius 3 is 2.43 bits per heavy atom. The Hall–Kier alpha value is -2.37. The molecule has 0 saturated heterocycles. The predicted molar refractivity (Wildman–Crippen MR) is 89.3 cm³/mol. The minimum absolute atomic E-state index is 0.224. The van der Waals surface area contributed by atoms with Crippen LogP contribution in [-0.4, -0.2) is 18.1 Å². The molecule has 0 unspecified atom stereocenters. The monoisotopic (exact) mass is 350 g/mol. The zero-order valence-electron chi connectivity index (χ0n) is 12.0. The van der Waals surface area contributed by atoms with Crippen LogP contribution in [-0.2, 0) is 4.79 Å². The van der Waals surface area contributed by atoms with E-state index in [1.165, 1.54) is 25.3 Å². The summed E-state index contributed by atoms with van der Waals surface area (Å²) in [6.07, 6.45) is 1.48. The van der Waals surface area contributed by atoms with Crippen molar-refractivity contribution in [1.82, 2.24) is 5.43 Å². The highest BCUT2D eigenvalue weighted by Gasteiger charge is 2.13. The number of nitrogens with one attached hydrogen (secondary N) is 1. The van der Waals surface area contributed by atoms with Gasteiger partial charge < -0.3 is 4.74 Å². The van der Waals surface area contributed by atoms with Gasteiger partial charge in [0.1, 0.15) is 5.75 Å². The Morgan fingerprint density at radius 2 is 1.83 bits per heavy atom. The second kappa shape index (κ2) is 7.76. The molecule has 23 heavy (non-hydrogen) atoms. The zero-order valence-corrected chi connectivity index (χ0v) is 13.6. The number of carbonyl (C=O) groups excluding carboxylic acids is 2. The van der Waals surface area contributed by atoms with Crippen molar-refractivity contribution in [3.05, 3.63) is 63.6 Å². The fourth-order valence-electron chi connectivity index (χ4n) is 1.64. The molecular weight excluding hydrogens is 339 g/mol. The quantitative estimate of drug-likeness (QED) is 0.395. The Morgan fingerprint density at radius 1 is 1.13 bits per heavy atom. The van der Waals surface area contributed by atoms with Gasteiger partial charge in [0.15, 0.2) is 0 Å². The first-order valence-corrected chi connectivity index (χ1v) is 7.28. The third-order valence-electron chi connectivity index (χ3n) is 2.68. The highest BCUT2D eigenvalue weighted by atomic mass is 35.5. The molecule has 1 amide bonds. The lowest BCUT2D eigenvalue weighted by Gasteiger charge is -2.06. The van der Waals surface area contributed by atoms with E-state index in [1.807, 2.05) is 0 Å². The van der Waals surface area contributed by atoms with Gasteiger partial charge in [-0.2, -0.15) is 5.10 Å². The minimum atomic E-state index is -0.577. The molecule has 0 spiro atoms. The van der Waals surface area contributed by atoms with E-state index in [-0.39, 0.29) is 16.5 Å². The van der Waals surface area contributed by atoms with Crippen LogP contribution >= 0.6 is 23.2 Å². The van der Waals surface area contributed by atoms with Gasteiger partial charge in [0.25, 0.3) is 0 Å². The number of ether oxygens (including phenoxy) is 1. The lowest BCUT2D eigenvalue weighted by Crippen LogP contribution is -2.12. The number of rotatable bonds is 4. The molecule has 0 heterocycles. The standard InChI is InChI=1S/C16H12Cl2N2O3/c1-10(21)20-19-9-11-2-5-13(6-3-11)23-16(22)14-7-4-12(17)8-15(14)18/h2-9H,1H3,(H,20,21). The Kier molecular flexibility index (Phi) is 5.73. The van der Waals surface area contributed by atoms with E-state index in [4.69, 9.17) is 27.9 Å². The number of hydrazone groups is 1. The number of hydrogen-bond donors (Lipinski definition) is 1. The van der Waals surface area contributed by atoms with Gasteiger partial charge in [0.2, 0.25) is 5.91 Å². The molecule has 0 saturated carbocycles. The van der Waals surface area contributed by atoms with Crippen LogP contribution in [0.15, 0.2) is 47.6 Å². The molecule has 2 aromatic carbocycles. The summed E-state index contributed by atoms with van der Waals surface area (Å²) in [5, 5.41) is 4.40. The van der Waals surface area contributed by atoms with Gasteiger partial charge in [-0.25, -0.2) is 10.2 Å². The van der Waals surface area contributed by atoms with Crippen molar-refractivity contribution in [2.45, 2.75) is 6.92 Å². The average molecular weight is 351 g/mol. The summed E-state index contributed by atoms with van der Waals surface area (Å²) in [6.45, 7) is 1.36. The largest absolute Gasteiger partial charge is 0.423 e. The first-order chi connectivity index (χ1) is 11.0. The Labute approximate surface area is 142 Å². The van der Waals surface area contributed by atoms with Crippen LogP contribution in [0, 0.1) is 0 Å². The lowest BCUT2D eigenvalue weighted by atomic mass is 10.2. The summed E-state index contributed by atoms with van der Waals surface area (Å²) in [5.74, 6) is -0.476. The van der Waals surface area contributed by atoms with Crippen LogP contribution in [0.2, 0.25) is 10.0 Å². The third-order valence-corrected chi connectivity index (χ3v) is 3.23. The summed E-state index contributed by atoms with van der Waals surface area (Å²) in [6, 6.07) is 11.1. The number of halogens is 2. The molecule has 2 rings (SSSR count). The summed E-state index contributed by atoms with van der Waals surface area (Å²) in [4.78, 5) is 22.7. The third kappa shape index (κ3) is 5.09. The van der Waals surface area contributed by atoms with Gasteiger partial charge in [-0.1, -0.05) is 23.2 Å². The maximum Gasteiger partial charge on any atom is 0.345 e. The highest BCUT2D eigenvalue weighted by molar-refractivity contribution is 6.36. The van der Waals surface area contributed by atoms with E-state index in [0.717, 1.165) is 5.56 Å². The molecule has 0 aliphatic carbocycles. The first kappa shape index (κ1) is 17.0. The number of carbonyl (C=O) groups is 2. The molecule has 0 atom stereocenters. The van der Waals surface area contributed by atoms with E-state index < -0.39 is 5.97 Å². The van der Waals surface area contributed by atoms with E-state index in [2.05, 4.69) is 10.5 Å². The van der Waals surface area contributed by atoms with Crippen molar-refractivity contribution in [3.8, 4) is 5.75 Å². The van der Waals surface area contributed by atoms with E-state index in [1.54, 1.807) is 30.3 Å². The highest BCUT2D eigenvalue weighted by Crippen LogP contribution is 2.22. The number of nitrogens with zero attached hydrogens (tertiary/aromatic N) is 1. The smallest absolute Gasteiger partial charge is 0.345 e. The molecule has 7 heteroatoms. The first-order valence-electron chi connectivity index (χ1n) is 6.52. The molecule has 0 aliphatic heterocycles. The molecule has 2 aromatic rings. The van der Waals surface area contributed by atoms with E-state index in [0.29, 0.717) is 10.8 Å². The van der Waals surface area contributed by atoms with Crippen LogP contribution in [0.4, 0.5) is 0 Å². The maximum absolute atomic E-state index is 12.1. The van der Waals surface area contributed by atoms with Crippen LogP contribution < -0.4 is 10.2 Å². The van der Waals surface area contributed by atoms with E-state index >= 15 is 0 Å². The molecule has 0 bridgehead atoms. The van der Waals surface area contributed by atoms with Crippen LogP contribution in [0.25, 0.3) is 0 Å². The van der Waals surface area contributed by atoms with Crippen molar-refractivity contribution >= 4 is 41.3 Å². The zero-order chi connectivity index (χ0) is 16.8. The van der Waals surface area contributed by atoms with Crippen molar-refractivity contribution < 1.29 is 14.3 Å². The van der Waals surface area contributed by atoms with Crippen molar-refractivity contribution in [2.24, 2.45) is 5.10 Å². The summed E-state index contributed by atoms with van der Waals surface area (Å²) >= 11 is 11.7. The SMILES string of the molecule is CC(=O)NN=Cc1ccc(OC(=O)c2ccc(Cl)cc2Cl)cc1. The summed E-state index contributed by atoms with van der Waals surface area (Å²) < 4.78 is 5.24. The Bertz CT molecular complexity index is 758. The summed E-state index contributed by atoms with van der Waals surface area (Å²) in [7, 11) is 0. The van der Waals surface area contributed by atoms with Crippen molar-refractivity contribution in [1.29, 1.82) is 0 Å². The molecular formula is C16H12Cl2N2O3. The van der Waals surface area contributed by atoms with Gasteiger partial charge in [0.05, 0.1) is 16.8 Å². The topological polar surface area (TPSA) is 67.8 Å². The number of benzene rings is 2. The molecule has 118 valence electrons. The average Bonchev–Trinajstić information content (AvgIpc) is 2.48. The lowest BCUT2D eigenvalue weighted by molar-refractivity contribution is -0.118. The number of esters is 1. The van der Waals surface area contributed by atoms with Crippen molar-refractivity contribution in [3.63, 3.8) is 0 Å². The molecule has 0 fully saturated rings. The van der Waals surface area contributed by atoms with Gasteiger partial charge in [-0.15, -0.1) is 0 Å². The fourth-order valence-corrected chi connectivity index (χ4v) is 2.12. The molecule has 0 radical (unpaired) electrons. The van der Waals surface area contributed by atoms with Crippen LogP contribution in [0.3, 0.4) is 0 Å². The van der Waals surface area contributed by atoms with Gasteiger partial charge in [-0.05, 0) is 48.0 Å². The number of amides is 1. The van der Waals surface area contributed by atoms with Gasteiger partial charge in [0, 0.05) is 11.9 Å². The molecule has 0 aliphatic rings. The summed E-state index contributed by atoms with van der Waals surface area (Å²) in [5.41, 5.74) is 3.26. The van der Waals surface area contributed by atoms with Gasteiger partial charge in [-0.3, -0.25) is 4.79 Å².